The first-order valence-corrected chi connectivity index (χ1v) is 11.8. The van der Waals surface area contributed by atoms with Crippen molar-refractivity contribution < 1.29 is 14.3 Å². The molecule has 0 radical (unpaired) electrons. The molecule has 6 rings (SSSR count). The molecule has 4 saturated carbocycles. The highest BCUT2D eigenvalue weighted by Crippen LogP contribution is 2.65. The zero-order chi connectivity index (χ0) is 22.3. The molecule has 170 valence electrons. The van der Waals surface area contributed by atoms with E-state index in [9.17, 15) is 4.79 Å². The number of aryl methyl sites for hydroxylation is 1. The summed E-state index contributed by atoms with van der Waals surface area (Å²) >= 11 is 0. The van der Waals surface area contributed by atoms with Crippen LogP contribution in [0.2, 0.25) is 0 Å². The average Bonchev–Trinajstić information content (AvgIpc) is 2.77. The molecule has 2 amide bonds. The van der Waals surface area contributed by atoms with Gasteiger partial charge < -0.3 is 20.1 Å². The fourth-order valence-electron chi connectivity index (χ4n) is 7.25. The first kappa shape index (κ1) is 21.2. The lowest BCUT2D eigenvalue weighted by molar-refractivity contribution is -0.0692. The summed E-state index contributed by atoms with van der Waals surface area (Å²) in [4.78, 5) is 12.8. The number of hydrogen-bond acceptors (Lipinski definition) is 3. The van der Waals surface area contributed by atoms with Gasteiger partial charge in [-0.2, -0.15) is 0 Å². The van der Waals surface area contributed by atoms with E-state index in [2.05, 4.69) is 41.8 Å². The highest BCUT2D eigenvalue weighted by atomic mass is 16.5. The van der Waals surface area contributed by atoms with Gasteiger partial charge in [0.25, 0.3) is 0 Å². The minimum absolute atomic E-state index is 0.184. The van der Waals surface area contributed by atoms with Gasteiger partial charge >= 0.3 is 6.03 Å². The lowest BCUT2D eigenvalue weighted by Gasteiger charge is -2.62. The normalized spacial score (nSPS) is 30.1. The van der Waals surface area contributed by atoms with Crippen molar-refractivity contribution in [2.24, 2.45) is 17.3 Å². The lowest BCUT2D eigenvalue weighted by atomic mass is 9.43. The van der Waals surface area contributed by atoms with Crippen molar-refractivity contribution in [2.45, 2.75) is 50.9 Å². The zero-order valence-corrected chi connectivity index (χ0v) is 19.4. The van der Waals surface area contributed by atoms with Crippen molar-refractivity contribution in [3.05, 3.63) is 53.6 Å². The van der Waals surface area contributed by atoms with E-state index in [0.717, 1.165) is 18.4 Å². The largest absolute Gasteiger partial charge is 0.497 e. The second-order valence-corrected chi connectivity index (χ2v) is 10.5. The van der Waals surface area contributed by atoms with Crippen molar-refractivity contribution in [3.63, 3.8) is 0 Å². The molecule has 32 heavy (non-hydrogen) atoms. The summed E-state index contributed by atoms with van der Waals surface area (Å²) in [5.74, 6) is 2.86. The van der Waals surface area contributed by atoms with Gasteiger partial charge in [0, 0.05) is 12.6 Å². The molecule has 5 heteroatoms. The van der Waals surface area contributed by atoms with Gasteiger partial charge in [-0.15, -0.1) is 0 Å². The summed E-state index contributed by atoms with van der Waals surface area (Å²) in [6, 6.07) is 14.4. The zero-order valence-electron chi connectivity index (χ0n) is 19.4. The molecule has 0 aliphatic heterocycles. The predicted octanol–water partition coefficient (Wildman–Crippen LogP) is 5.67. The van der Waals surface area contributed by atoms with Gasteiger partial charge in [-0.1, -0.05) is 29.8 Å². The van der Waals surface area contributed by atoms with Crippen LogP contribution < -0.4 is 20.1 Å². The van der Waals surface area contributed by atoms with E-state index in [1.807, 2.05) is 6.07 Å². The van der Waals surface area contributed by atoms with E-state index in [1.54, 1.807) is 26.4 Å². The molecule has 4 aliphatic carbocycles. The SMILES string of the molecule is COc1ccc(OC)c(NC(=O)NCC23C[C@H]4C[C@H](C2)CC(c2ccc(C)cc2)(C4)C3)c1. The standard InChI is InChI=1S/C27H34N2O3/c1-18-4-6-21(7-5-18)27-14-19-10-20(15-27)13-26(12-19,16-27)17-28-25(30)29-23-11-22(31-2)8-9-24(23)32-3/h4-9,11,19-20H,10,12-17H2,1-3H3,(H2,28,29,30)/t19-,20-,26?,27?/m1/s1. The first-order chi connectivity index (χ1) is 15.4. The van der Waals surface area contributed by atoms with Gasteiger partial charge in [0.2, 0.25) is 0 Å². The summed E-state index contributed by atoms with van der Waals surface area (Å²) in [6.45, 7) is 2.89. The quantitative estimate of drug-likeness (QED) is 0.616. The van der Waals surface area contributed by atoms with E-state index in [0.29, 0.717) is 17.2 Å². The van der Waals surface area contributed by atoms with E-state index in [1.165, 1.54) is 49.7 Å². The molecule has 4 aliphatic rings. The fraction of sp³-hybridized carbons (Fsp3) is 0.519. The highest BCUT2D eigenvalue weighted by Gasteiger charge is 2.58. The average molecular weight is 435 g/mol. The Morgan fingerprint density at radius 1 is 1.00 bits per heavy atom. The van der Waals surface area contributed by atoms with Crippen LogP contribution in [0.5, 0.6) is 11.5 Å². The highest BCUT2D eigenvalue weighted by molar-refractivity contribution is 5.91. The molecule has 0 heterocycles. The van der Waals surface area contributed by atoms with Crippen LogP contribution in [0.3, 0.4) is 0 Å². The number of benzene rings is 2. The van der Waals surface area contributed by atoms with Gasteiger partial charge in [-0.3, -0.25) is 0 Å². The number of hydrogen-bond donors (Lipinski definition) is 2. The molecule has 2 atom stereocenters. The number of rotatable bonds is 6. The summed E-state index contributed by atoms with van der Waals surface area (Å²) in [5, 5.41) is 6.17. The van der Waals surface area contributed by atoms with Crippen molar-refractivity contribution in [2.75, 3.05) is 26.1 Å². The lowest BCUT2D eigenvalue weighted by Crippen LogP contribution is -2.57. The number of methoxy groups -OCH3 is 2. The number of carbonyl (C=O) groups excluding carboxylic acids is 1. The van der Waals surface area contributed by atoms with Crippen LogP contribution in [0.15, 0.2) is 42.5 Å². The number of amides is 2. The summed E-state index contributed by atoms with van der Waals surface area (Å²) in [5.41, 5.74) is 3.93. The topological polar surface area (TPSA) is 59.6 Å². The molecule has 2 aromatic carbocycles. The van der Waals surface area contributed by atoms with Crippen LogP contribution in [-0.4, -0.2) is 26.8 Å². The van der Waals surface area contributed by atoms with Crippen LogP contribution >= 0.6 is 0 Å². The predicted molar refractivity (Wildman–Crippen MR) is 127 cm³/mol. The molecular formula is C27H34N2O3. The van der Waals surface area contributed by atoms with Gasteiger partial charge in [0.15, 0.2) is 0 Å². The maximum absolute atomic E-state index is 12.8. The van der Waals surface area contributed by atoms with Gasteiger partial charge in [0.05, 0.1) is 19.9 Å². The maximum atomic E-state index is 12.8. The molecule has 0 unspecified atom stereocenters. The van der Waals surface area contributed by atoms with Crippen molar-refractivity contribution in [1.29, 1.82) is 0 Å². The second-order valence-electron chi connectivity index (χ2n) is 10.5. The molecule has 5 nitrogen and oxygen atoms in total. The molecular weight excluding hydrogens is 400 g/mol. The van der Waals surface area contributed by atoms with Crippen LogP contribution in [-0.2, 0) is 5.41 Å². The Kier molecular flexibility index (Phi) is 5.31. The number of ether oxygens (including phenoxy) is 2. The summed E-state index contributed by atoms with van der Waals surface area (Å²) in [7, 11) is 3.22. The molecule has 0 spiro atoms. The van der Waals surface area contributed by atoms with Crippen LogP contribution in [0.25, 0.3) is 0 Å². The third kappa shape index (κ3) is 3.82. The molecule has 0 saturated heterocycles. The second kappa shape index (κ2) is 8.02. The Morgan fingerprint density at radius 2 is 1.72 bits per heavy atom. The Hall–Kier alpha value is -2.69. The molecule has 4 bridgehead atoms. The van der Waals surface area contributed by atoms with E-state index < -0.39 is 0 Å². The Labute approximate surface area is 190 Å². The van der Waals surface area contributed by atoms with Crippen LogP contribution in [0.4, 0.5) is 10.5 Å². The number of urea groups is 1. The van der Waals surface area contributed by atoms with Gasteiger partial charge in [-0.25, -0.2) is 4.79 Å². The molecule has 2 N–H and O–H groups in total. The van der Waals surface area contributed by atoms with E-state index in [-0.39, 0.29) is 16.9 Å². The number of anilines is 1. The third-order valence-electron chi connectivity index (χ3n) is 8.12. The van der Waals surface area contributed by atoms with E-state index in [4.69, 9.17) is 9.47 Å². The van der Waals surface area contributed by atoms with Crippen molar-refractivity contribution in [3.8, 4) is 11.5 Å². The summed E-state index contributed by atoms with van der Waals surface area (Å²) < 4.78 is 10.7. The van der Waals surface area contributed by atoms with Crippen molar-refractivity contribution >= 4 is 11.7 Å². The van der Waals surface area contributed by atoms with Gasteiger partial charge in [0.1, 0.15) is 11.5 Å². The smallest absolute Gasteiger partial charge is 0.319 e. The monoisotopic (exact) mass is 434 g/mol. The summed E-state index contributed by atoms with van der Waals surface area (Å²) in [6.07, 6.45) is 7.63. The molecule has 0 aromatic heterocycles. The number of nitrogens with one attached hydrogen (secondary N) is 2. The Bertz CT molecular complexity index is 986. The maximum Gasteiger partial charge on any atom is 0.319 e. The fourth-order valence-corrected chi connectivity index (χ4v) is 7.25. The Morgan fingerprint density at radius 3 is 2.38 bits per heavy atom. The molecule has 2 aromatic rings. The molecule has 4 fully saturated rings. The van der Waals surface area contributed by atoms with Crippen LogP contribution in [0.1, 0.15) is 49.7 Å². The van der Waals surface area contributed by atoms with Crippen molar-refractivity contribution in [1.82, 2.24) is 5.32 Å². The minimum atomic E-state index is -0.184. The Balaban J connectivity index is 1.30. The minimum Gasteiger partial charge on any atom is -0.497 e. The third-order valence-corrected chi connectivity index (χ3v) is 8.12. The number of carbonyl (C=O) groups is 1. The van der Waals surface area contributed by atoms with Crippen LogP contribution in [0, 0.1) is 24.2 Å². The van der Waals surface area contributed by atoms with Gasteiger partial charge in [-0.05, 0) is 85.8 Å². The first-order valence-electron chi connectivity index (χ1n) is 11.8. The van der Waals surface area contributed by atoms with E-state index >= 15 is 0 Å².